The zero-order chi connectivity index (χ0) is 7.84. The number of hydrogen-bond donors (Lipinski definition) is 0. The van der Waals surface area contributed by atoms with Crippen LogP contribution >= 0.6 is 0 Å². The Morgan fingerprint density at radius 2 is 2.18 bits per heavy atom. The van der Waals surface area contributed by atoms with Crippen LogP contribution in [0.25, 0.3) is 0 Å². The highest BCUT2D eigenvalue weighted by Gasteiger charge is 2.23. The van der Waals surface area contributed by atoms with E-state index in [1.54, 1.807) is 16.7 Å². The van der Waals surface area contributed by atoms with Crippen molar-refractivity contribution in [1.82, 2.24) is 0 Å². The molecule has 0 saturated carbocycles. The van der Waals surface area contributed by atoms with Crippen molar-refractivity contribution in [2.24, 2.45) is 5.92 Å². The summed E-state index contributed by atoms with van der Waals surface area (Å²) in [7, 11) is 0. The van der Waals surface area contributed by atoms with Gasteiger partial charge < -0.3 is 0 Å². The van der Waals surface area contributed by atoms with Crippen LogP contribution in [0.3, 0.4) is 0 Å². The highest BCUT2D eigenvalue weighted by atomic mass is 14.3. The van der Waals surface area contributed by atoms with E-state index in [0.717, 1.165) is 5.92 Å². The minimum absolute atomic E-state index is 0.847. The number of allylic oxidation sites excluding steroid dienone is 4. The Kier molecular flexibility index (Phi) is 1.63. The molecule has 2 aliphatic carbocycles. The van der Waals surface area contributed by atoms with Crippen molar-refractivity contribution in [3.63, 3.8) is 0 Å². The number of hydrogen-bond acceptors (Lipinski definition) is 0. The zero-order valence-electron chi connectivity index (χ0n) is 7.48. The predicted molar refractivity (Wildman–Crippen MR) is 48.4 cm³/mol. The van der Waals surface area contributed by atoms with Crippen molar-refractivity contribution < 1.29 is 0 Å². The average molecular weight is 148 g/mol. The van der Waals surface area contributed by atoms with E-state index in [0.29, 0.717) is 0 Å². The molecule has 0 N–H and O–H groups in total. The lowest BCUT2D eigenvalue weighted by molar-refractivity contribution is 0.652. The van der Waals surface area contributed by atoms with Crippen molar-refractivity contribution in [3.05, 3.63) is 22.8 Å². The lowest BCUT2D eigenvalue weighted by Crippen LogP contribution is -2.07. The average Bonchev–Trinajstić information content (AvgIpc) is 2.34. The van der Waals surface area contributed by atoms with Crippen molar-refractivity contribution >= 4 is 0 Å². The summed E-state index contributed by atoms with van der Waals surface area (Å²) in [5.41, 5.74) is 5.01. The molecule has 0 heterocycles. The Morgan fingerprint density at radius 3 is 2.55 bits per heavy atom. The van der Waals surface area contributed by atoms with Crippen molar-refractivity contribution in [3.8, 4) is 0 Å². The van der Waals surface area contributed by atoms with E-state index in [2.05, 4.69) is 19.9 Å². The second-order valence-corrected chi connectivity index (χ2v) is 3.90. The highest BCUT2D eigenvalue weighted by Crippen LogP contribution is 2.40. The SMILES string of the molecule is CC1=C(C2=CCCC2C)CC1. The quantitative estimate of drug-likeness (QED) is 0.534. The molecular weight excluding hydrogens is 132 g/mol. The molecule has 2 rings (SSSR count). The van der Waals surface area contributed by atoms with Gasteiger partial charge in [0.2, 0.25) is 0 Å². The standard InChI is InChI=1S/C11H16/c1-8-4-3-5-10(8)11-7-6-9(11)2/h5,8H,3-4,6-7H2,1-2H3. The second kappa shape index (κ2) is 2.51. The number of rotatable bonds is 1. The van der Waals surface area contributed by atoms with E-state index in [1.165, 1.54) is 25.7 Å². The van der Waals surface area contributed by atoms with Crippen LogP contribution in [0.4, 0.5) is 0 Å². The molecule has 0 aromatic rings. The van der Waals surface area contributed by atoms with Crippen LogP contribution in [0, 0.1) is 5.92 Å². The lowest BCUT2D eigenvalue weighted by atomic mass is 9.81. The molecule has 0 fully saturated rings. The third-order valence-corrected chi connectivity index (χ3v) is 3.11. The van der Waals surface area contributed by atoms with Gasteiger partial charge in [0, 0.05) is 0 Å². The summed E-state index contributed by atoms with van der Waals surface area (Å²) in [6.07, 6.45) is 7.84. The predicted octanol–water partition coefficient (Wildman–Crippen LogP) is 3.45. The maximum atomic E-state index is 2.45. The van der Waals surface area contributed by atoms with E-state index in [4.69, 9.17) is 0 Å². The first kappa shape index (κ1) is 7.15. The Hall–Kier alpha value is -0.520. The molecule has 1 atom stereocenters. The van der Waals surface area contributed by atoms with Crippen molar-refractivity contribution in [2.75, 3.05) is 0 Å². The molecule has 2 aliphatic rings. The molecule has 0 spiro atoms. The minimum Gasteiger partial charge on any atom is -0.0807 e. The van der Waals surface area contributed by atoms with Crippen LogP contribution in [-0.4, -0.2) is 0 Å². The Balaban J connectivity index is 2.22. The van der Waals surface area contributed by atoms with Crippen LogP contribution in [0.15, 0.2) is 22.8 Å². The van der Waals surface area contributed by atoms with Gasteiger partial charge >= 0.3 is 0 Å². The van der Waals surface area contributed by atoms with Crippen LogP contribution in [0.1, 0.15) is 39.5 Å². The summed E-state index contributed by atoms with van der Waals surface area (Å²) < 4.78 is 0. The van der Waals surface area contributed by atoms with E-state index < -0.39 is 0 Å². The fraction of sp³-hybridized carbons (Fsp3) is 0.636. The highest BCUT2D eigenvalue weighted by molar-refractivity contribution is 5.43. The monoisotopic (exact) mass is 148 g/mol. The summed E-state index contributed by atoms with van der Waals surface area (Å²) in [4.78, 5) is 0. The lowest BCUT2D eigenvalue weighted by Gasteiger charge is -2.24. The van der Waals surface area contributed by atoms with Gasteiger partial charge in [-0.3, -0.25) is 0 Å². The molecule has 0 nitrogen and oxygen atoms in total. The Labute approximate surface area is 69.0 Å². The summed E-state index contributed by atoms with van der Waals surface area (Å²) in [6, 6.07) is 0. The van der Waals surface area contributed by atoms with Gasteiger partial charge in [-0.15, -0.1) is 0 Å². The summed E-state index contributed by atoms with van der Waals surface area (Å²) >= 11 is 0. The normalized spacial score (nSPS) is 30.4. The van der Waals surface area contributed by atoms with E-state index in [9.17, 15) is 0 Å². The molecule has 60 valence electrons. The molecule has 11 heavy (non-hydrogen) atoms. The van der Waals surface area contributed by atoms with Crippen molar-refractivity contribution in [2.45, 2.75) is 39.5 Å². The third-order valence-electron chi connectivity index (χ3n) is 3.11. The van der Waals surface area contributed by atoms with Gasteiger partial charge in [-0.25, -0.2) is 0 Å². The van der Waals surface area contributed by atoms with E-state index in [1.807, 2.05) is 0 Å². The van der Waals surface area contributed by atoms with Crippen LogP contribution < -0.4 is 0 Å². The van der Waals surface area contributed by atoms with Gasteiger partial charge in [0.05, 0.1) is 0 Å². The molecule has 0 aliphatic heterocycles. The van der Waals surface area contributed by atoms with Gasteiger partial charge in [0.25, 0.3) is 0 Å². The van der Waals surface area contributed by atoms with Crippen molar-refractivity contribution in [1.29, 1.82) is 0 Å². The van der Waals surface area contributed by atoms with Crippen LogP contribution in [0.2, 0.25) is 0 Å². The van der Waals surface area contributed by atoms with E-state index >= 15 is 0 Å². The molecule has 0 radical (unpaired) electrons. The fourth-order valence-electron chi connectivity index (χ4n) is 2.16. The fourth-order valence-corrected chi connectivity index (χ4v) is 2.16. The van der Waals surface area contributed by atoms with Gasteiger partial charge in [-0.2, -0.15) is 0 Å². The third kappa shape index (κ3) is 1.05. The van der Waals surface area contributed by atoms with Crippen LogP contribution in [-0.2, 0) is 0 Å². The first-order valence-electron chi connectivity index (χ1n) is 4.68. The topological polar surface area (TPSA) is 0 Å². The largest absolute Gasteiger partial charge is 0.0807 e. The molecule has 0 heteroatoms. The molecule has 0 saturated heterocycles. The molecule has 0 aromatic carbocycles. The summed E-state index contributed by atoms with van der Waals surface area (Å²) in [6.45, 7) is 4.64. The first-order chi connectivity index (χ1) is 5.29. The maximum absolute atomic E-state index is 2.45. The van der Waals surface area contributed by atoms with Gasteiger partial charge in [0.1, 0.15) is 0 Å². The molecular formula is C11H16. The smallest absolute Gasteiger partial charge is 0.0188 e. The molecule has 1 unspecified atom stereocenters. The van der Waals surface area contributed by atoms with Gasteiger partial charge in [-0.1, -0.05) is 18.6 Å². The Morgan fingerprint density at radius 1 is 1.36 bits per heavy atom. The second-order valence-electron chi connectivity index (χ2n) is 3.90. The van der Waals surface area contributed by atoms with Gasteiger partial charge in [-0.05, 0) is 49.7 Å². The first-order valence-corrected chi connectivity index (χ1v) is 4.68. The molecule has 0 aromatic heterocycles. The maximum Gasteiger partial charge on any atom is -0.0188 e. The molecule has 0 bridgehead atoms. The minimum atomic E-state index is 0.847. The molecule has 0 amide bonds. The Bertz CT molecular complexity index is 230. The zero-order valence-corrected chi connectivity index (χ0v) is 7.48. The van der Waals surface area contributed by atoms with E-state index in [-0.39, 0.29) is 0 Å². The summed E-state index contributed by atoms with van der Waals surface area (Å²) in [5, 5.41) is 0. The van der Waals surface area contributed by atoms with Crippen LogP contribution in [0.5, 0.6) is 0 Å². The van der Waals surface area contributed by atoms with Gasteiger partial charge in [0.15, 0.2) is 0 Å². The summed E-state index contributed by atoms with van der Waals surface area (Å²) in [5.74, 6) is 0.847.